The molecule has 1 fully saturated rings. The van der Waals surface area contributed by atoms with E-state index in [2.05, 4.69) is 44.7 Å². The van der Waals surface area contributed by atoms with Gasteiger partial charge < -0.3 is 10.2 Å². The van der Waals surface area contributed by atoms with Gasteiger partial charge in [0.25, 0.3) is 0 Å². The van der Waals surface area contributed by atoms with Crippen molar-refractivity contribution < 1.29 is 4.79 Å². The Hall–Kier alpha value is -2.25. The number of rotatable bonds is 5. The summed E-state index contributed by atoms with van der Waals surface area (Å²) in [6.07, 6.45) is 2.93. The lowest BCUT2D eigenvalue weighted by Crippen LogP contribution is -2.43. The molecular formula is C15H23N7O. The highest BCUT2D eigenvalue weighted by Crippen LogP contribution is 2.21. The van der Waals surface area contributed by atoms with Crippen molar-refractivity contribution in [1.82, 2.24) is 30.6 Å². The number of anilines is 1. The Bertz CT molecular complexity index is 669. The second-order valence-corrected chi connectivity index (χ2v) is 6.48. The monoisotopic (exact) mass is 317 g/mol. The zero-order valence-corrected chi connectivity index (χ0v) is 13.6. The molecule has 8 heteroatoms. The highest BCUT2D eigenvalue weighted by Gasteiger charge is 2.26. The second-order valence-electron chi connectivity index (χ2n) is 6.48. The first-order valence-corrected chi connectivity index (χ1v) is 8.21. The van der Waals surface area contributed by atoms with Crippen LogP contribution < -0.4 is 10.2 Å². The molecule has 0 aliphatic carbocycles. The summed E-state index contributed by atoms with van der Waals surface area (Å²) < 4.78 is 1.42. The average molecular weight is 317 g/mol. The molecule has 0 bridgehead atoms. The minimum Gasteiger partial charge on any atom is -0.356 e. The molecule has 0 spiro atoms. The van der Waals surface area contributed by atoms with Crippen molar-refractivity contribution in [3.8, 4) is 0 Å². The zero-order chi connectivity index (χ0) is 16.2. The first kappa shape index (κ1) is 15.6. The van der Waals surface area contributed by atoms with E-state index in [9.17, 15) is 4.79 Å². The maximum atomic E-state index is 12.3. The molecule has 1 saturated heterocycles. The highest BCUT2D eigenvalue weighted by molar-refractivity contribution is 5.79. The number of tetrazole rings is 1. The van der Waals surface area contributed by atoms with Crippen LogP contribution in [0.2, 0.25) is 0 Å². The van der Waals surface area contributed by atoms with Crippen molar-refractivity contribution in [1.29, 1.82) is 0 Å². The van der Waals surface area contributed by atoms with E-state index in [1.165, 1.54) is 4.63 Å². The molecule has 23 heavy (non-hydrogen) atoms. The Morgan fingerprint density at radius 2 is 2.30 bits per heavy atom. The van der Waals surface area contributed by atoms with E-state index in [0.717, 1.165) is 38.2 Å². The third-order valence-electron chi connectivity index (χ3n) is 4.19. The second kappa shape index (κ2) is 6.89. The van der Waals surface area contributed by atoms with Gasteiger partial charge in [0, 0.05) is 19.6 Å². The van der Waals surface area contributed by atoms with E-state index < -0.39 is 0 Å². The third kappa shape index (κ3) is 3.75. The normalized spacial score (nSPS) is 18.6. The van der Waals surface area contributed by atoms with Crippen molar-refractivity contribution >= 4 is 17.4 Å². The Balaban J connectivity index is 1.62. The standard InChI is InChI=1S/C15H23N7O/c1-11(2)7-8-16-15(23)12-4-3-9-21(10-12)14-6-5-13-17-19-20-22(13)18-14/h5-6,11-12H,3-4,7-10H2,1-2H3,(H,16,23). The number of aromatic nitrogens is 5. The summed E-state index contributed by atoms with van der Waals surface area (Å²) in [5, 5.41) is 18.7. The van der Waals surface area contributed by atoms with Gasteiger partial charge in [-0.25, -0.2) is 0 Å². The summed E-state index contributed by atoms with van der Waals surface area (Å²) in [6, 6.07) is 3.75. The Kier molecular flexibility index (Phi) is 4.68. The summed E-state index contributed by atoms with van der Waals surface area (Å²) in [7, 11) is 0. The minimum atomic E-state index is 0.0160. The van der Waals surface area contributed by atoms with E-state index in [-0.39, 0.29) is 11.8 Å². The predicted octanol–water partition coefficient (Wildman–Crippen LogP) is 0.898. The largest absolute Gasteiger partial charge is 0.356 e. The topological polar surface area (TPSA) is 88.3 Å². The zero-order valence-electron chi connectivity index (χ0n) is 13.6. The van der Waals surface area contributed by atoms with E-state index in [0.29, 0.717) is 18.1 Å². The molecule has 2 aromatic rings. The molecule has 1 aliphatic heterocycles. The number of hydrogen-bond acceptors (Lipinski definition) is 6. The Morgan fingerprint density at radius 3 is 3.13 bits per heavy atom. The number of nitrogens with one attached hydrogen (secondary N) is 1. The molecule has 1 aliphatic rings. The number of hydrogen-bond donors (Lipinski definition) is 1. The van der Waals surface area contributed by atoms with E-state index in [1.807, 2.05) is 12.1 Å². The molecule has 124 valence electrons. The molecule has 0 aromatic carbocycles. The Morgan fingerprint density at radius 1 is 1.43 bits per heavy atom. The number of fused-ring (bicyclic) bond motifs is 1. The van der Waals surface area contributed by atoms with Crippen molar-refractivity contribution in [2.45, 2.75) is 33.1 Å². The van der Waals surface area contributed by atoms with Gasteiger partial charge in [0.05, 0.1) is 5.92 Å². The van der Waals surface area contributed by atoms with Crippen LogP contribution in [0, 0.1) is 11.8 Å². The van der Waals surface area contributed by atoms with Crippen molar-refractivity contribution in [3.05, 3.63) is 12.1 Å². The Labute approximate surface area is 135 Å². The molecule has 1 N–H and O–H groups in total. The van der Waals surface area contributed by atoms with Crippen LogP contribution in [-0.4, -0.2) is 50.8 Å². The van der Waals surface area contributed by atoms with Gasteiger partial charge >= 0.3 is 0 Å². The summed E-state index contributed by atoms with van der Waals surface area (Å²) in [4.78, 5) is 14.5. The lowest BCUT2D eigenvalue weighted by molar-refractivity contribution is -0.125. The first-order chi connectivity index (χ1) is 11.1. The summed E-state index contributed by atoms with van der Waals surface area (Å²) in [5.74, 6) is 1.58. The van der Waals surface area contributed by atoms with Crippen LogP contribution in [0.5, 0.6) is 0 Å². The number of carbonyl (C=O) groups excluding carboxylic acids is 1. The number of piperidine rings is 1. The van der Waals surface area contributed by atoms with Crippen LogP contribution >= 0.6 is 0 Å². The van der Waals surface area contributed by atoms with E-state index in [1.54, 1.807) is 0 Å². The molecule has 0 saturated carbocycles. The number of nitrogens with zero attached hydrogens (tertiary/aromatic N) is 6. The van der Waals surface area contributed by atoms with E-state index in [4.69, 9.17) is 0 Å². The molecule has 0 radical (unpaired) electrons. The molecule has 1 amide bonds. The van der Waals surface area contributed by atoms with E-state index >= 15 is 0 Å². The summed E-state index contributed by atoms with van der Waals surface area (Å²) >= 11 is 0. The third-order valence-corrected chi connectivity index (χ3v) is 4.19. The maximum absolute atomic E-state index is 12.3. The van der Waals surface area contributed by atoms with Gasteiger partial charge in [0.1, 0.15) is 0 Å². The maximum Gasteiger partial charge on any atom is 0.224 e. The van der Waals surface area contributed by atoms with Gasteiger partial charge in [-0.2, -0.15) is 0 Å². The predicted molar refractivity (Wildman–Crippen MR) is 86.0 cm³/mol. The molecule has 2 aromatic heterocycles. The highest BCUT2D eigenvalue weighted by atomic mass is 16.1. The van der Waals surface area contributed by atoms with Gasteiger partial charge in [-0.1, -0.05) is 13.8 Å². The van der Waals surface area contributed by atoms with Gasteiger partial charge in [0.2, 0.25) is 5.91 Å². The van der Waals surface area contributed by atoms with Crippen LogP contribution in [-0.2, 0) is 4.79 Å². The lowest BCUT2D eigenvalue weighted by atomic mass is 9.97. The molecule has 8 nitrogen and oxygen atoms in total. The van der Waals surface area contributed by atoms with Gasteiger partial charge in [-0.3, -0.25) is 4.79 Å². The van der Waals surface area contributed by atoms with Crippen molar-refractivity contribution in [3.63, 3.8) is 0 Å². The molecule has 1 atom stereocenters. The first-order valence-electron chi connectivity index (χ1n) is 8.21. The quantitative estimate of drug-likeness (QED) is 0.881. The number of amides is 1. The fourth-order valence-electron chi connectivity index (χ4n) is 2.84. The molecule has 3 rings (SSSR count). The molecule has 1 unspecified atom stereocenters. The molecular weight excluding hydrogens is 294 g/mol. The summed E-state index contributed by atoms with van der Waals surface area (Å²) in [6.45, 7) is 6.66. The van der Waals surface area contributed by atoms with Crippen LogP contribution in [0.25, 0.3) is 5.65 Å². The van der Waals surface area contributed by atoms with Crippen molar-refractivity contribution in [2.24, 2.45) is 11.8 Å². The smallest absolute Gasteiger partial charge is 0.224 e. The minimum absolute atomic E-state index is 0.0160. The lowest BCUT2D eigenvalue weighted by Gasteiger charge is -2.32. The van der Waals surface area contributed by atoms with Crippen LogP contribution in [0.3, 0.4) is 0 Å². The van der Waals surface area contributed by atoms with Crippen LogP contribution in [0.15, 0.2) is 12.1 Å². The van der Waals surface area contributed by atoms with Gasteiger partial charge in [0.15, 0.2) is 11.5 Å². The fourth-order valence-corrected chi connectivity index (χ4v) is 2.84. The SMILES string of the molecule is CC(C)CCNC(=O)C1CCCN(c2ccc3nnnn3n2)C1. The van der Waals surface area contributed by atoms with Gasteiger partial charge in [-0.15, -0.1) is 14.8 Å². The number of carbonyl (C=O) groups is 1. The van der Waals surface area contributed by atoms with Crippen LogP contribution in [0.4, 0.5) is 5.82 Å². The average Bonchev–Trinajstić information content (AvgIpc) is 3.02. The molecule has 3 heterocycles. The summed E-state index contributed by atoms with van der Waals surface area (Å²) in [5.41, 5.74) is 0.619. The van der Waals surface area contributed by atoms with Crippen LogP contribution in [0.1, 0.15) is 33.1 Å². The van der Waals surface area contributed by atoms with Crippen molar-refractivity contribution in [2.75, 3.05) is 24.5 Å². The van der Waals surface area contributed by atoms with Gasteiger partial charge in [-0.05, 0) is 47.7 Å². The fraction of sp³-hybridized carbons (Fsp3) is 0.667.